The Bertz CT molecular complexity index is 486. The van der Waals surface area contributed by atoms with Gasteiger partial charge >= 0.3 is 5.97 Å². The van der Waals surface area contributed by atoms with E-state index in [-0.39, 0.29) is 17.8 Å². The Labute approximate surface area is 152 Å². The Morgan fingerprint density at radius 1 is 1.08 bits per heavy atom. The van der Waals surface area contributed by atoms with E-state index in [2.05, 4.69) is 4.90 Å². The topological polar surface area (TPSA) is 40.5 Å². The molecule has 4 bridgehead atoms. The first-order valence-electron chi connectivity index (χ1n) is 10.0. The standard InChI is InChI=1S/C20H31NO2.ClH/c22-18(23)20-3-1-2-17(20)12-21(13-20)5-4-19-9-14-6-15(10-19)8-16(7-14)11-19;/h14-17H,1-13H2,(H,22,23);1H/t14?,15?,16?,17-,19?,20+;/m0./s1. The monoisotopic (exact) mass is 353 g/mol. The lowest BCUT2D eigenvalue weighted by atomic mass is 9.49. The van der Waals surface area contributed by atoms with Crippen molar-refractivity contribution in [3.63, 3.8) is 0 Å². The fraction of sp³-hybridized carbons (Fsp3) is 0.950. The molecule has 3 nitrogen and oxygen atoms in total. The highest BCUT2D eigenvalue weighted by Gasteiger charge is 2.55. The molecule has 6 fully saturated rings. The molecule has 4 heteroatoms. The molecule has 1 N–H and O–H groups in total. The van der Waals surface area contributed by atoms with Crippen molar-refractivity contribution < 1.29 is 9.90 Å². The quantitative estimate of drug-likeness (QED) is 0.823. The molecule has 0 spiro atoms. The van der Waals surface area contributed by atoms with Crippen molar-refractivity contribution in [3.05, 3.63) is 0 Å². The van der Waals surface area contributed by atoms with Gasteiger partial charge in [0.25, 0.3) is 0 Å². The lowest BCUT2D eigenvalue weighted by Gasteiger charge is -2.57. The minimum Gasteiger partial charge on any atom is -0.481 e. The molecule has 5 aliphatic carbocycles. The van der Waals surface area contributed by atoms with Crippen LogP contribution in [0.5, 0.6) is 0 Å². The van der Waals surface area contributed by atoms with Crippen LogP contribution in [0.25, 0.3) is 0 Å². The number of carboxylic acid groups (broad SMARTS) is 1. The van der Waals surface area contributed by atoms with Crippen molar-refractivity contribution in [3.8, 4) is 0 Å². The molecule has 6 rings (SSSR count). The summed E-state index contributed by atoms with van der Waals surface area (Å²) in [7, 11) is 0. The van der Waals surface area contributed by atoms with E-state index in [1.54, 1.807) is 0 Å². The molecule has 136 valence electrons. The number of halogens is 1. The molecular formula is C20H32ClNO2. The number of carbonyl (C=O) groups is 1. The van der Waals surface area contributed by atoms with Gasteiger partial charge in [0.15, 0.2) is 0 Å². The van der Waals surface area contributed by atoms with Crippen molar-refractivity contribution in [2.75, 3.05) is 19.6 Å². The van der Waals surface area contributed by atoms with Gasteiger partial charge in [0.1, 0.15) is 0 Å². The van der Waals surface area contributed by atoms with Crippen LogP contribution in [-0.4, -0.2) is 35.6 Å². The van der Waals surface area contributed by atoms with Crippen LogP contribution in [0.4, 0.5) is 0 Å². The summed E-state index contributed by atoms with van der Waals surface area (Å²) >= 11 is 0. The average Bonchev–Trinajstić information content (AvgIpc) is 3.01. The predicted octanol–water partition coefficient (Wildman–Crippen LogP) is 4.20. The number of fused-ring (bicyclic) bond motifs is 1. The summed E-state index contributed by atoms with van der Waals surface area (Å²) in [6.07, 6.45) is 13.5. The summed E-state index contributed by atoms with van der Waals surface area (Å²) < 4.78 is 0. The van der Waals surface area contributed by atoms with Crippen LogP contribution in [0.15, 0.2) is 0 Å². The second-order valence-electron chi connectivity index (χ2n) is 9.95. The van der Waals surface area contributed by atoms with Crippen LogP contribution >= 0.6 is 12.4 Å². The van der Waals surface area contributed by atoms with Crippen molar-refractivity contribution in [1.29, 1.82) is 0 Å². The van der Waals surface area contributed by atoms with Gasteiger partial charge in [0.05, 0.1) is 5.41 Å². The third-order valence-electron chi connectivity index (χ3n) is 8.49. The van der Waals surface area contributed by atoms with Gasteiger partial charge in [-0.1, -0.05) is 6.42 Å². The maximum Gasteiger partial charge on any atom is 0.311 e. The maximum absolute atomic E-state index is 11.8. The third-order valence-corrected chi connectivity index (χ3v) is 8.49. The molecule has 1 saturated heterocycles. The number of rotatable bonds is 4. The number of nitrogens with zero attached hydrogens (tertiary/aromatic N) is 1. The normalized spacial score (nSPS) is 49.2. The number of hydrogen-bond donors (Lipinski definition) is 1. The number of aliphatic carboxylic acids is 1. The summed E-state index contributed by atoms with van der Waals surface area (Å²) in [6, 6.07) is 0. The van der Waals surface area contributed by atoms with E-state index in [0.29, 0.717) is 11.3 Å². The van der Waals surface area contributed by atoms with Crippen molar-refractivity contribution in [2.45, 2.75) is 64.2 Å². The van der Waals surface area contributed by atoms with E-state index in [0.717, 1.165) is 56.7 Å². The Balaban J connectivity index is 0.00000146. The molecule has 0 aromatic rings. The highest BCUT2D eigenvalue weighted by molar-refractivity contribution is 5.85. The SMILES string of the molecule is Cl.O=C(O)[C@@]12CCC[C@H]1CN(CCC13CC4CC(CC(C4)C1)C3)C2. The summed E-state index contributed by atoms with van der Waals surface area (Å²) in [5.74, 6) is 3.01. The first-order valence-corrected chi connectivity index (χ1v) is 10.0. The molecule has 1 aliphatic heterocycles. The zero-order chi connectivity index (χ0) is 15.7. The van der Waals surface area contributed by atoms with Gasteiger partial charge in [0, 0.05) is 13.1 Å². The molecule has 5 saturated carbocycles. The molecule has 6 aliphatic rings. The fourth-order valence-corrected chi connectivity index (χ4v) is 7.90. The summed E-state index contributed by atoms with van der Waals surface area (Å²) in [6.45, 7) is 3.05. The molecule has 0 aromatic carbocycles. The molecular weight excluding hydrogens is 322 g/mol. The van der Waals surface area contributed by atoms with Gasteiger partial charge in [-0.25, -0.2) is 0 Å². The summed E-state index contributed by atoms with van der Waals surface area (Å²) in [5, 5.41) is 9.76. The van der Waals surface area contributed by atoms with Gasteiger partial charge < -0.3 is 10.0 Å². The van der Waals surface area contributed by atoms with Crippen LogP contribution in [-0.2, 0) is 4.79 Å². The van der Waals surface area contributed by atoms with Gasteiger partial charge in [-0.3, -0.25) is 4.79 Å². The van der Waals surface area contributed by atoms with Crippen molar-refractivity contribution in [2.24, 2.45) is 34.5 Å². The molecule has 2 atom stereocenters. The van der Waals surface area contributed by atoms with E-state index in [9.17, 15) is 9.90 Å². The van der Waals surface area contributed by atoms with Gasteiger partial charge in [0.2, 0.25) is 0 Å². The Kier molecular flexibility index (Phi) is 4.20. The zero-order valence-corrected chi connectivity index (χ0v) is 15.5. The predicted molar refractivity (Wildman–Crippen MR) is 96.3 cm³/mol. The molecule has 0 unspecified atom stereocenters. The average molecular weight is 354 g/mol. The largest absolute Gasteiger partial charge is 0.481 e. The summed E-state index contributed by atoms with van der Waals surface area (Å²) in [5.41, 5.74) is 0.254. The Morgan fingerprint density at radius 2 is 1.71 bits per heavy atom. The number of carboxylic acids is 1. The third kappa shape index (κ3) is 2.53. The molecule has 1 heterocycles. The van der Waals surface area contributed by atoms with Crippen LogP contribution in [0, 0.1) is 34.5 Å². The zero-order valence-electron chi connectivity index (χ0n) is 14.7. The molecule has 0 amide bonds. The van der Waals surface area contributed by atoms with E-state index < -0.39 is 5.97 Å². The van der Waals surface area contributed by atoms with Crippen LogP contribution < -0.4 is 0 Å². The van der Waals surface area contributed by atoms with E-state index in [1.165, 1.54) is 44.9 Å². The van der Waals surface area contributed by atoms with Gasteiger partial charge in [-0.2, -0.15) is 0 Å². The van der Waals surface area contributed by atoms with Crippen molar-refractivity contribution in [1.82, 2.24) is 4.90 Å². The first kappa shape index (κ1) is 17.1. The van der Waals surface area contributed by atoms with Gasteiger partial charge in [-0.15, -0.1) is 12.4 Å². The fourth-order valence-electron chi connectivity index (χ4n) is 7.90. The molecule has 0 aromatic heterocycles. The second kappa shape index (κ2) is 5.87. The Morgan fingerprint density at radius 3 is 2.25 bits per heavy atom. The number of hydrogen-bond acceptors (Lipinski definition) is 2. The first-order chi connectivity index (χ1) is 11.1. The van der Waals surface area contributed by atoms with Gasteiger partial charge in [-0.05, 0) is 93.4 Å². The lowest BCUT2D eigenvalue weighted by Crippen LogP contribution is -2.47. The minimum absolute atomic E-state index is 0. The molecule has 0 radical (unpaired) electrons. The van der Waals surface area contributed by atoms with E-state index >= 15 is 0 Å². The maximum atomic E-state index is 11.8. The highest BCUT2D eigenvalue weighted by atomic mass is 35.5. The van der Waals surface area contributed by atoms with Crippen LogP contribution in [0.1, 0.15) is 64.2 Å². The molecule has 24 heavy (non-hydrogen) atoms. The number of likely N-dealkylation sites (tertiary alicyclic amines) is 1. The van der Waals surface area contributed by atoms with E-state index in [4.69, 9.17) is 0 Å². The highest BCUT2D eigenvalue weighted by Crippen LogP contribution is 2.61. The van der Waals surface area contributed by atoms with E-state index in [1.807, 2.05) is 0 Å². The van der Waals surface area contributed by atoms with Crippen LogP contribution in [0.3, 0.4) is 0 Å². The summed E-state index contributed by atoms with van der Waals surface area (Å²) in [4.78, 5) is 14.4. The Hall–Kier alpha value is -0.280. The second-order valence-corrected chi connectivity index (χ2v) is 9.95. The van der Waals surface area contributed by atoms with Crippen LogP contribution in [0.2, 0.25) is 0 Å². The minimum atomic E-state index is -0.516. The lowest BCUT2D eigenvalue weighted by molar-refractivity contribution is -0.149. The smallest absolute Gasteiger partial charge is 0.311 e. The van der Waals surface area contributed by atoms with Crippen molar-refractivity contribution >= 4 is 18.4 Å².